The highest BCUT2D eigenvalue weighted by atomic mass is 79.9. The summed E-state index contributed by atoms with van der Waals surface area (Å²) in [7, 11) is -3.91. The van der Waals surface area contributed by atoms with Crippen LogP contribution in [-0.2, 0) is 26.0 Å². The predicted molar refractivity (Wildman–Crippen MR) is 98.8 cm³/mol. The van der Waals surface area contributed by atoms with E-state index < -0.39 is 34.1 Å². The van der Waals surface area contributed by atoms with Gasteiger partial charge >= 0.3 is 5.97 Å². The van der Waals surface area contributed by atoms with Crippen LogP contribution in [0.1, 0.15) is 50.2 Å². The highest BCUT2D eigenvalue weighted by Crippen LogP contribution is 2.32. The fraction of sp³-hybridized carbons (Fsp3) is 0.412. The molecule has 1 aliphatic rings. The summed E-state index contributed by atoms with van der Waals surface area (Å²) >= 11 is 3.01. The summed E-state index contributed by atoms with van der Waals surface area (Å²) < 4.78 is 48.7. The summed E-state index contributed by atoms with van der Waals surface area (Å²) in [5.41, 5.74) is 1.56. The maximum Gasteiger partial charge on any atom is 0.304 e. The van der Waals surface area contributed by atoms with Crippen LogP contribution in [0, 0.1) is 5.82 Å². The number of fused-ring (bicyclic) bond motifs is 1. The molecule has 10 heteroatoms. The molecule has 146 valence electrons. The van der Waals surface area contributed by atoms with E-state index in [1.807, 2.05) is 0 Å². The lowest BCUT2D eigenvalue weighted by atomic mass is 9.94. The van der Waals surface area contributed by atoms with Gasteiger partial charge in [0.25, 0.3) is 0 Å². The Morgan fingerprint density at radius 1 is 1.48 bits per heavy atom. The Bertz CT molecular complexity index is 977. The molecule has 1 aliphatic carbocycles. The van der Waals surface area contributed by atoms with Crippen LogP contribution in [-0.4, -0.2) is 24.2 Å². The summed E-state index contributed by atoms with van der Waals surface area (Å²) in [6.45, 7) is 3.02. The van der Waals surface area contributed by atoms with Crippen LogP contribution in [0.25, 0.3) is 0 Å². The number of aromatic nitrogens is 2. The molecular weight excluding hydrogens is 441 g/mol. The lowest BCUT2D eigenvalue weighted by Crippen LogP contribution is -2.31. The average molecular weight is 460 g/mol. The molecule has 0 aliphatic heterocycles. The normalized spacial score (nSPS) is 18.0. The number of ether oxygens (including phenoxy) is 1. The molecule has 0 fully saturated rings. The van der Waals surface area contributed by atoms with Gasteiger partial charge in [0, 0.05) is 18.2 Å². The second-order valence-electron chi connectivity index (χ2n) is 6.34. The van der Waals surface area contributed by atoms with E-state index >= 15 is 0 Å². The molecule has 0 radical (unpaired) electrons. The number of nitrogens with zero attached hydrogens (tertiary/aromatic N) is 2. The summed E-state index contributed by atoms with van der Waals surface area (Å²) in [5.74, 6) is -1.07. The van der Waals surface area contributed by atoms with E-state index in [4.69, 9.17) is 4.74 Å². The van der Waals surface area contributed by atoms with Gasteiger partial charge in [0.15, 0.2) is 6.23 Å². The van der Waals surface area contributed by atoms with E-state index in [-0.39, 0.29) is 9.37 Å². The van der Waals surface area contributed by atoms with Crippen molar-refractivity contribution in [2.75, 3.05) is 0 Å². The number of benzene rings is 1. The SMILES string of the molecule is CC(=O)OC(C)n1ncc2c1CCCC2NS(=O)(=O)c1ccc(Br)c(F)c1. The van der Waals surface area contributed by atoms with Crippen LogP contribution in [0.4, 0.5) is 4.39 Å². The fourth-order valence-electron chi connectivity index (χ4n) is 3.21. The molecule has 2 atom stereocenters. The van der Waals surface area contributed by atoms with E-state index in [2.05, 4.69) is 25.8 Å². The molecule has 0 spiro atoms. The van der Waals surface area contributed by atoms with E-state index in [1.165, 1.54) is 19.1 Å². The smallest absolute Gasteiger partial charge is 0.304 e. The Hall–Kier alpha value is -1.78. The molecule has 0 amide bonds. The highest BCUT2D eigenvalue weighted by Gasteiger charge is 2.30. The van der Waals surface area contributed by atoms with Crippen LogP contribution in [0.15, 0.2) is 33.8 Å². The quantitative estimate of drug-likeness (QED) is 0.693. The summed E-state index contributed by atoms with van der Waals surface area (Å²) in [6, 6.07) is 3.19. The van der Waals surface area contributed by atoms with Crippen LogP contribution < -0.4 is 4.72 Å². The average Bonchev–Trinajstić information content (AvgIpc) is 3.01. The van der Waals surface area contributed by atoms with Gasteiger partial charge in [-0.05, 0) is 60.3 Å². The molecule has 3 rings (SSSR count). The Labute approximate surface area is 165 Å². The maximum atomic E-state index is 13.7. The zero-order valence-corrected chi connectivity index (χ0v) is 17.2. The van der Waals surface area contributed by atoms with Crippen molar-refractivity contribution in [1.82, 2.24) is 14.5 Å². The first-order chi connectivity index (χ1) is 12.7. The van der Waals surface area contributed by atoms with Gasteiger partial charge in [-0.3, -0.25) is 4.79 Å². The third-order valence-electron chi connectivity index (χ3n) is 4.39. The standard InChI is InChI=1S/C17H19BrFN3O4S/c1-10(26-11(2)23)22-17-5-3-4-16(13(17)9-20-22)21-27(24,25)12-6-7-14(18)15(19)8-12/h6-10,16,21H,3-5H2,1-2H3. The largest absolute Gasteiger partial charge is 0.440 e. The molecular formula is C17H19BrFN3O4S. The number of carbonyl (C=O) groups excluding carboxylic acids is 1. The molecule has 7 nitrogen and oxygen atoms in total. The molecule has 1 aromatic heterocycles. The summed E-state index contributed by atoms with van der Waals surface area (Å²) in [5, 5.41) is 4.27. The first-order valence-corrected chi connectivity index (χ1v) is 10.7. The van der Waals surface area contributed by atoms with Crippen LogP contribution in [0.5, 0.6) is 0 Å². The molecule has 27 heavy (non-hydrogen) atoms. The number of rotatable bonds is 5. The van der Waals surface area contributed by atoms with Crippen molar-refractivity contribution in [1.29, 1.82) is 0 Å². The van der Waals surface area contributed by atoms with Crippen molar-refractivity contribution in [2.45, 2.75) is 50.3 Å². The first kappa shape index (κ1) is 20.0. The molecule has 1 aromatic carbocycles. The number of sulfonamides is 1. The minimum atomic E-state index is -3.91. The van der Waals surface area contributed by atoms with Crippen molar-refractivity contribution in [3.8, 4) is 0 Å². The third kappa shape index (κ3) is 4.22. The van der Waals surface area contributed by atoms with Crippen molar-refractivity contribution in [3.63, 3.8) is 0 Å². The second-order valence-corrected chi connectivity index (χ2v) is 8.91. The topological polar surface area (TPSA) is 90.3 Å². The van der Waals surface area contributed by atoms with Crippen molar-refractivity contribution in [3.05, 3.63) is 45.9 Å². The lowest BCUT2D eigenvalue weighted by Gasteiger charge is -2.25. The van der Waals surface area contributed by atoms with E-state index in [0.717, 1.165) is 23.7 Å². The summed E-state index contributed by atoms with van der Waals surface area (Å²) in [4.78, 5) is 11.0. The van der Waals surface area contributed by atoms with E-state index in [9.17, 15) is 17.6 Å². The number of hydrogen-bond donors (Lipinski definition) is 1. The van der Waals surface area contributed by atoms with Gasteiger partial charge in [-0.25, -0.2) is 22.2 Å². The van der Waals surface area contributed by atoms with Gasteiger partial charge in [-0.1, -0.05) is 0 Å². The molecule has 2 aromatic rings. The zero-order valence-electron chi connectivity index (χ0n) is 14.8. The zero-order chi connectivity index (χ0) is 19.8. The molecule has 1 N–H and O–H groups in total. The van der Waals surface area contributed by atoms with Gasteiger partial charge in [-0.15, -0.1) is 0 Å². The van der Waals surface area contributed by atoms with Crippen molar-refractivity contribution in [2.24, 2.45) is 0 Å². The summed E-state index contributed by atoms with van der Waals surface area (Å²) in [6.07, 6.45) is 3.05. The number of hydrogen-bond acceptors (Lipinski definition) is 5. The fourth-order valence-corrected chi connectivity index (χ4v) is 4.71. The van der Waals surface area contributed by atoms with Crippen molar-refractivity contribution < 1.29 is 22.3 Å². The van der Waals surface area contributed by atoms with Gasteiger partial charge in [-0.2, -0.15) is 5.10 Å². The number of esters is 1. The highest BCUT2D eigenvalue weighted by molar-refractivity contribution is 9.10. The van der Waals surface area contributed by atoms with Crippen molar-refractivity contribution >= 4 is 31.9 Å². The molecule has 0 saturated carbocycles. The number of carbonyl (C=O) groups is 1. The molecule has 1 heterocycles. The third-order valence-corrected chi connectivity index (χ3v) is 6.50. The van der Waals surface area contributed by atoms with E-state index in [1.54, 1.807) is 17.8 Å². The van der Waals surface area contributed by atoms with Gasteiger partial charge in [0.05, 0.1) is 21.6 Å². The van der Waals surface area contributed by atoms with Crippen LogP contribution >= 0.6 is 15.9 Å². The molecule has 0 bridgehead atoms. The minimum Gasteiger partial charge on any atom is -0.440 e. The Morgan fingerprint density at radius 2 is 2.22 bits per heavy atom. The Kier molecular flexibility index (Phi) is 5.68. The van der Waals surface area contributed by atoms with Crippen LogP contribution in [0.3, 0.4) is 0 Å². The van der Waals surface area contributed by atoms with E-state index in [0.29, 0.717) is 12.8 Å². The minimum absolute atomic E-state index is 0.143. The Morgan fingerprint density at radius 3 is 2.89 bits per heavy atom. The predicted octanol–water partition coefficient (Wildman–Crippen LogP) is 3.22. The van der Waals surface area contributed by atoms with Crippen LogP contribution in [0.2, 0.25) is 0 Å². The lowest BCUT2D eigenvalue weighted by molar-refractivity contribution is -0.150. The molecule has 2 unspecified atom stereocenters. The number of nitrogens with one attached hydrogen (secondary N) is 1. The van der Waals surface area contributed by atoms with Gasteiger partial charge in [0.1, 0.15) is 5.82 Å². The monoisotopic (exact) mass is 459 g/mol. The van der Waals surface area contributed by atoms with Gasteiger partial charge < -0.3 is 4.74 Å². The first-order valence-electron chi connectivity index (χ1n) is 8.40. The second kappa shape index (κ2) is 7.69. The Balaban J connectivity index is 1.87. The number of halogens is 2. The molecule has 0 saturated heterocycles. The maximum absolute atomic E-state index is 13.7. The van der Waals surface area contributed by atoms with Gasteiger partial charge in [0.2, 0.25) is 10.0 Å².